The van der Waals surface area contributed by atoms with Crippen molar-refractivity contribution in [1.29, 1.82) is 5.41 Å². The van der Waals surface area contributed by atoms with Crippen LogP contribution in [-0.2, 0) is 6.42 Å². The van der Waals surface area contributed by atoms with Gasteiger partial charge < -0.3 is 11.1 Å². The van der Waals surface area contributed by atoms with E-state index in [9.17, 15) is 0 Å². The molecule has 1 aliphatic rings. The maximum absolute atomic E-state index is 7.35. The van der Waals surface area contributed by atoms with E-state index in [0.29, 0.717) is 0 Å². The third-order valence-electron chi connectivity index (χ3n) is 2.42. The number of nitrogens with two attached hydrogens (primary N) is 1. The van der Waals surface area contributed by atoms with E-state index in [2.05, 4.69) is 11.4 Å². The minimum absolute atomic E-state index is 0.0231. The van der Waals surface area contributed by atoms with E-state index in [-0.39, 0.29) is 11.9 Å². The Morgan fingerprint density at radius 1 is 1.46 bits per heavy atom. The molecule has 0 saturated carbocycles. The highest BCUT2D eigenvalue weighted by Crippen LogP contribution is 2.23. The average Bonchev–Trinajstić information content (AvgIpc) is 2.17. The Labute approximate surface area is 77.5 Å². The van der Waals surface area contributed by atoms with Crippen LogP contribution in [0.4, 0.5) is 5.69 Å². The number of hydrogen-bond donors (Lipinski definition) is 3. The van der Waals surface area contributed by atoms with Gasteiger partial charge in [-0.2, -0.15) is 0 Å². The summed E-state index contributed by atoms with van der Waals surface area (Å²) in [6, 6.07) is 8.20. The molecular formula is C10H13N3. The third kappa shape index (κ3) is 1.49. The molecule has 0 aromatic heterocycles. The molecule has 13 heavy (non-hydrogen) atoms. The molecule has 0 radical (unpaired) electrons. The van der Waals surface area contributed by atoms with E-state index >= 15 is 0 Å². The fraction of sp³-hybridized carbons (Fsp3) is 0.300. The van der Waals surface area contributed by atoms with Crippen molar-refractivity contribution >= 4 is 11.5 Å². The highest BCUT2D eigenvalue weighted by Gasteiger charge is 2.18. The van der Waals surface area contributed by atoms with E-state index in [4.69, 9.17) is 11.1 Å². The zero-order chi connectivity index (χ0) is 9.26. The number of benzene rings is 1. The van der Waals surface area contributed by atoms with Gasteiger partial charge in [-0.05, 0) is 24.5 Å². The van der Waals surface area contributed by atoms with Crippen molar-refractivity contribution in [1.82, 2.24) is 0 Å². The number of rotatable bonds is 1. The van der Waals surface area contributed by atoms with Crippen molar-refractivity contribution in [2.75, 3.05) is 5.32 Å². The number of para-hydroxylation sites is 1. The van der Waals surface area contributed by atoms with Gasteiger partial charge in [-0.3, -0.25) is 5.41 Å². The summed E-state index contributed by atoms with van der Waals surface area (Å²) >= 11 is 0. The van der Waals surface area contributed by atoms with Crippen molar-refractivity contribution in [3.05, 3.63) is 29.8 Å². The molecule has 1 heterocycles. The lowest BCUT2D eigenvalue weighted by Crippen LogP contribution is -2.37. The van der Waals surface area contributed by atoms with Crippen LogP contribution in [0.2, 0.25) is 0 Å². The lowest BCUT2D eigenvalue weighted by molar-refractivity contribution is 0.749. The standard InChI is InChI=1S/C10H13N3/c11-10(12)9-6-5-7-3-1-2-4-8(7)13-9/h1-4,9,13H,5-6H2,(H3,11,12). The summed E-state index contributed by atoms with van der Waals surface area (Å²) in [5.74, 6) is 0.231. The smallest absolute Gasteiger partial charge is 0.114 e. The Morgan fingerprint density at radius 2 is 2.23 bits per heavy atom. The van der Waals surface area contributed by atoms with E-state index in [1.165, 1.54) is 5.56 Å². The molecule has 1 aromatic carbocycles. The fourth-order valence-corrected chi connectivity index (χ4v) is 1.67. The second-order valence-electron chi connectivity index (χ2n) is 3.35. The Morgan fingerprint density at radius 3 is 3.00 bits per heavy atom. The highest BCUT2D eigenvalue weighted by atomic mass is 15.0. The van der Waals surface area contributed by atoms with Crippen LogP contribution >= 0.6 is 0 Å². The molecule has 0 fully saturated rings. The zero-order valence-corrected chi connectivity index (χ0v) is 7.38. The molecule has 1 aromatic rings. The zero-order valence-electron chi connectivity index (χ0n) is 7.38. The van der Waals surface area contributed by atoms with Crippen molar-refractivity contribution < 1.29 is 0 Å². The molecule has 4 N–H and O–H groups in total. The molecule has 1 aliphatic heterocycles. The van der Waals surface area contributed by atoms with Gasteiger partial charge in [0.25, 0.3) is 0 Å². The highest BCUT2D eigenvalue weighted by molar-refractivity contribution is 5.86. The molecule has 0 bridgehead atoms. The quantitative estimate of drug-likeness (QED) is 0.445. The van der Waals surface area contributed by atoms with Crippen molar-refractivity contribution in [3.63, 3.8) is 0 Å². The van der Waals surface area contributed by atoms with Crippen molar-refractivity contribution in [2.24, 2.45) is 5.73 Å². The fourth-order valence-electron chi connectivity index (χ4n) is 1.67. The summed E-state index contributed by atoms with van der Waals surface area (Å²) in [4.78, 5) is 0. The van der Waals surface area contributed by atoms with E-state index in [0.717, 1.165) is 18.5 Å². The van der Waals surface area contributed by atoms with Gasteiger partial charge in [-0.1, -0.05) is 18.2 Å². The lowest BCUT2D eigenvalue weighted by Gasteiger charge is -2.25. The summed E-state index contributed by atoms with van der Waals surface area (Å²) in [6.07, 6.45) is 1.93. The average molecular weight is 175 g/mol. The predicted octanol–water partition coefficient (Wildman–Crippen LogP) is 1.35. The van der Waals surface area contributed by atoms with Crippen LogP contribution in [0.5, 0.6) is 0 Å². The Kier molecular flexibility index (Phi) is 1.93. The summed E-state index contributed by atoms with van der Waals surface area (Å²) in [6.45, 7) is 0. The normalized spacial score (nSPS) is 20.2. The van der Waals surface area contributed by atoms with Gasteiger partial charge in [0.15, 0.2) is 0 Å². The maximum atomic E-state index is 7.35. The molecule has 3 nitrogen and oxygen atoms in total. The molecule has 1 unspecified atom stereocenters. The number of hydrogen-bond acceptors (Lipinski definition) is 2. The molecule has 0 amide bonds. The summed E-state index contributed by atoms with van der Waals surface area (Å²) in [7, 11) is 0. The number of nitrogens with one attached hydrogen (secondary N) is 2. The summed E-state index contributed by atoms with van der Waals surface area (Å²) in [5, 5.41) is 10.6. The van der Waals surface area contributed by atoms with Gasteiger partial charge in [0.1, 0.15) is 5.84 Å². The second-order valence-corrected chi connectivity index (χ2v) is 3.35. The Hall–Kier alpha value is -1.51. The molecule has 2 rings (SSSR count). The second kappa shape index (κ2) is 3.09. The van der Waals surface area contributed by atoms with Gasteiger partial charge in [0.2, 0.25) is 0 Å². The van der Waals surface area contributed by atoms with Crippen LogP contribution in [-0.4, -0.2) is 11.9 Å². The van der Waals surface area contributed by atoms with Crippen LogP contribution < -0.4 is 11.1 Å². The van der Waals surface area contributed by atoms with Gasteiger partial charge in [-0.15, -0.1) is 0 Å². The number of fused-ring (bicyclic) bond motifs is 1. The van der Waals surface area contributed by atoms with E-state index < -0.39 is 0 Å². The first kappa shape index (κ1) is 8.10. The minimum Gasteiger partial charge on any atom is -0.386 e. The first-order valence-corrected chi connectivity index (χ1v) is 4.46. The Balaban J connectivity index is 2.24. The van der Waals surface area contributed by atoms with Gasteiger partial charge in [-0.25, -0.2) is 0 Å². The van der Waals surface area contributed by atoms with Gasteiger partial charge >= 0.3 is 0 Å². The van der Waals surface area contributed by atoms with Crippen LogP contribution in [0.1, 0.15) is 12.0 Å². The van der Waals surface area contributed by atoms with Crippen molar-refractivity contribution in [3.8, 4) is 0 Å². The largest absolute Gasteiger partial charge is 0.386 e. The minimum atomic E-state index is 0.0231. The first-order valence-electron chi connectivity index (χ1n) is 4.46. The SMILES string of the molecule is N=C(N)C1CCc2ccccc2N1. The monoisotopic (exact) mass is 175 g/mol. The maximum Gasteiger partial charge on any atom is 0.114 e. The van der Waals surface area contributed by atoms with Crippen LogP contribution in [0.3, 0.4) is 0 Å². The topological polar surface area (TPSA) is 61.9 Å². The molecule has 1 atom stereocenters. The molecule has 3 heteroatoms. The molecule has 0 aliphatic carbocycles. The lowest BCUT2D eigenvalue weighted by atomic mass is 9.98. The summed E-state index contributed by atoms with van der Waals surface area (Å²) in [5.41, 5.74) is 7.88. The number of amidine groups is 1. The molecular weight excluding hydrogens is 162 g/mol. The van der Waals surface area contributed by atoms with E-state index in [1.807, 2.05) is 18.2 Å². The number of anilines is 1. The van der Waals surface area contributed by atoms with Crippen LogP contribution in [0, 0.1) is 5.41 Å². The third-order valence-corrected chi connectivity index (χ3v) is 2.42. The first-order chi connectivity index (χ1) is 6.27. The predicted molar refractivity (Wildman–Crippen MR) is 54.1 cm³/mol. The molecule has 0 spiro atoms. The van der Waals surface area contributed by atoms with Crippen LogP contribution in [0.25, 0.3) is 0 Å². The van der Waals surface area contributed by atoms with Crippen molar-refractivity contribution in [2.45, 2.75) is 18.9 Å². The van der Waals surface area contributed by atoms with Gasteiger partial charge in [0, 0.05) is 5.69 Å². The van der Waals surface area contributed by atoms with E-state index in [1.54, 1.807) is 0 Å². The van der Waals surface area contributed by atoms with Crippen LogP contribution in [0.15, 0.2) is 24.3 Å². The summed E-state index contributed by atoms with van der Waals surface area (Å²) < 4.78 is 0. The Bertz CT molecular complexity index is 333. The number of aryl methyl sites for hydroxylation is 1. The molecule has 68 valence electrons. The van der Waals surface area contributed by atoms with Gasteiger partial charge in [0.05, 0.1) is 6.04 Å². The molecule has 0 saturated heterocycles.